The quantitative estimate of drug-likeness (QED) is 0.859. The Bertz CT molecular complexity index is 878. The van der Waals surface area contributed by atoms with E-state index in [1.807, 2.05) is 37.3 Å². The summed E-state index contributed by atoms with van der Waals surface area (Å²) < 4.78 is 1.59. The van der Waals surface area contributed by atoms with E-state index < -0.39 is 0 Å². The van der Waals surface area contributed by atoms with Gasteiger partial charge in [0.1, 0.15) is 0 Å². The van der Waals surface area contributed by atoms with Gasteiger partial charge in [0.2, 0.25) is 5.91 Å². The Balaban J connectivity index is 1.42. The van der Waals surface area contributed by atoms with E-state index in [1.54, 1.807) is 16.9 Å². The van der Waals surface area contributed by atoms with Crippen molar-refractivity contribution in [2.45, 2.75) is 38.3 Å². The Labute approximate surface area is 165 Å². The summed E-state index contributed by atoms with van der Waals surface area (Å²) in [5, 5.41) is 7.41. The molecule has 0 aliphatic carbocycles. The molecule has 2 saturated heterocycles. The molecule has 0 unspecified atom stereocenters. The number of benzene rings is 1. The summed E-state index contributed by atoms with van der Waals surface area (Å²) >= 11 is 0. The molecule has 0 bridgehead atoms. The Hall–Kier alpha value is -2.67. The van der Waals surface area contributed by atoms with E-state index >= 15 is 0 Å². The summed E-state index contributed by atoms with van der Waals surface area (Å²) in [7, 11) is 0. The predicted octanol–water partition coefficient (Wildman–Crippen LogP) is 2.12. The Kier molecular flexibility index (Phi) is 5.43. The van der Waals surface area contributed by atoms with Gasteiger partial charge in [-0.05, 0) is 44.9 Å². The molecule has 2 fully saturated rings. The number of rotatable bonds is 5. The molecular weight excluding hydrogens is 354 g/mol. The van der Waals surface area contributed by atoms with Crippen LogP contribution >= 0.6 is 0 Å². The summed E-state index contributed by atoms with van der Waals surface area (Å²) in [6, 6.07) is 10.9. The first-order chi connectivity index (χ1) is 13.6. The molecule has 0 spiro atoms. The minimum Gasteiger partial charge on any atom is -0.370 e. The number of carbonyl (C=O) groups excluding carboxylic acids is 1. The van der Waals surface area contributed by atoms with Crippen molar-refractivity contribution in [3.63, 3.8) is 0 Å². The van der Waals surface area contributed by atoms with Gasteiger partial charge < -0.3 is 10.2 Å². The molecule has 1 aromatic carbocycles. The summed E-state index contributed by atoms with van der Waals surface area (Å²) in [4.78, 5) is 29.6. The number of piperidine rings is 1. The summed E-state index contributed by atoms with van der Waals surface area (Å²) in [5.41, 5.74) is 1.65. The maximum Gasteiger partial charge on any atom is 0.269 e. The Morgan fingerprint density at radius 2 is 1.96 bits per heavy atom. The average Bonchev–Trinajstić information content (AvgIpc) is 2.67. The van der Waals surface area contributed by atoms with Crippen LogP contribution in [0.25, 0.3) is 0 Å². The van der Waals surface area contributed by atoms with Gasteiger partial charge in [-0.25, -0.2) is 4.68 Å². The molecule has 2 atom stereocenters. The number of nitrogens with zero attached hydrogens (tertiary/aromatic N) is 4. The van der Waals surface area contributed by atoms with Gasteiger partial charge in [0.15, 0.2) is 0 Å². The van der Waals surface area contributed by atoms with Gasteiger partial charge >= 0.3 is 0 Å². The molecule has 7 nitrogen and oxygen atoms in total. The Morgan fingerprint density at radius 1 is 1.18 bits per heavy atom. The van der Waals surface area contributed by atoms with Gasteiger partial charge in [-0.1, -0.05) is 18.2 Å². The topological polar surface area (TPSA) is 70.5 Å². The van der Waals surface area contributed by atoms with Gasteiger partial charge in [-0.3, -0.25) is 14.5 Å². The molecule has 2 aliphatic heterocycles. The molecule has 0 saturated carbocycles. The molecule has 28 heavy (non-hydrogen) atoms. The molecule has 1 N–H and O–H groups in total. The summed E-state index contributed by atoms with van der Waals surface area (Å²) in [5.74, 6) is -0.0275. The molecule has 3 heterocycles. The lowest BCUT2D eigenvalue weighted by Crippen LogP contribution is -2.49. The molecule has 1 aromatic heterocycles. The van der Waals surface area contributed by atoms with E-state index in [4.69, 9.17) is 0 Å². The number of amides is 1. The third-order valence-electron chi connectivity index (χ3n) is 5.78. The van der Waals surface area contributed by atoms with E-state index in [0.29, 0.717) is 6.54 Å². The number of nitrogens with one attached hydrogen (secondary N) is 1. The molecule has 4 rings (SSSR count). The standard InChI is InChI=1S/C21H27N5O2/c1-16(21(28)23-17-7-3-2-4-8-17)25-10-5-9-18(15-25)26-20(27)13-19(14-22-26)24-11-6-12-24/h2-4,7-8,13-14,16,18H,5-6,9-12,15H2,1H3,(H,23,28)/t16-,18+/m1/s1. The lowest BCUT2D eigenvalue weighted by atomic mass is 10.0. The lowest BCUT2D eigenvalue weighted by Gasteiger charge is -2.36. The van der Waals surface area contributed by atoms with Crippen molar-refractivity contribution in [3.05, 3.63) is 52.9 Å². The first-order valence-electron chi connectivity index (χ1n) is 10.1. The largest absolute Gasteiger partial charge is 0.370 e. The van der Waals surface area contributed by atoms with E-state index in [9.17, 15) is 9.59 Å². The van der Waals surface area contributed by atoms with Crippen LogP contribution in [0.5, 0.6) is 0 Å². The maximum atomic E-state index is 12.6. The highest BCUT2D eigenvalue weighted by Gasteiger charge is 2.29. The maximum absolute atomic E-state index is 12.6. The summed E-state index contributed by atoms with van der Waals surface area (Å²) in [6.07, 6.45) is 4.81. The van der Waals surface area contributed by atoms with Crippen LogP contribution in [-0.2, 0) is 4.79 Å². The first kappa shape index (κ1) is 18.7. The lowest BCUT2D eigenvalue weighted by molar-refractivity contribution is -0.121. The average molecular weight is 381 g/mol. The van der Waals surface area contributed by atoms with Gasteiger partial charge in [0, 0.05) is 31.4 Å². The van der Waals surface area contributed by atoms with E-state index in [-0.39, 0.29) is 23.6 Å². The van der Waals surface area contributed by atoms with Crippen molar-refractivity contribution in [2.75, 3.05) is 36.4 Å². The first-order valence-corrected chi connectivity index (χ1v) is 10.1. The van der Waals surface area contributed by atoms with Gasteiger partial charge in [-0.15, -0.1) is 0 Å². The third-order valence-corrected chi connectivity index (χ3v) is 5.78. The molecule has 7 heteroatoms. The number of aromatic nitrogens is 2. The fourth-order valence-electron chi connectivity index (χ4n) is 3.90. The summed E-state index contributed by atoms with van der Waals surface area (Å²) in [6.45, 7) is 5.41. The van der Waals surface area contributed by atoms with Crippen LogP contribution in [0.4, 0.5) is 11.4 Å². The second-order valence-electron chi connectivity index (χ2n) is 7.66. The zero-order valence-electron chi connectivity index (χ0n) is 16.3. The number of carbonyl (C=O) groups is 1. The molecule has 2 aromatic rings. The monoisotopic (exact) mass is 381 g/mol. The number of anilines is 2. The van der Waals surface area contributed by atoms with Crippen molar-refractivity contribution in [2.24, 2.45) is 0 Å². The Morgan fingerprint density at radius 3 is 2.64 bits per heavy atom. The zero-order valence-corrected chi connectivity index (χ0v) is 16.3. The zero-order chi connectivity index (χ0) is 19.5. The van der Waals surface area contributed by atoms with Crippen molar-refractivity contribution >= 4 is 17.3 Å². The minimum atomic E-state index is -0.265. The van der Waals surface area contributed by atoms with Crippen molar-refractivity contribution < 1.29 is 4.79 Å². The fourth-order valence-corrected chi connectivity index (χ4v) is 3.90. The van der Waals surface area contributed by atoms with Crippen LogP contribution < -0.4 is 15.8 Å². The van der Waals surface area contributed by atoms with E-state index in [1.165, 1.54) is 6.42 Å². The van der Waals surface area contributed by atoms with Crippen LogP contribution in [0, 0.1) is 0 Å². The second-order valence-corrected chi connectivity index (χ2v) is 7.66. The van der Waals surface area contributed by atoms with Crippen molar-refractivity contribution in [1.82, 2.24) is 14.7 Å². The number of hydrogen-bond donors (Lipinski definition) is 1. The predicted molar refractivity (Wildman–Crippen MR) is 110 cm³/mol. The van der Waals surface area contributed by atoms with Gasteiger partial charge in [0.05, 0.1) is 24.0 Å². The van der Waals surface area contributed by atoms with Crippen LogP contribution in [0.2, 0.25) is 0 Å². The minimum absolute atomic E-state index is 0.00124. The van der Waals surface area contributed by atoms with Crippen LogP contribution in [0.1, 0.15) is 32.2 Å². The molecule has 148 valence electrons. The highest BCUT2D eigenvalue weighted by molar-refractivity contribution is 5.94. The highest BCUT2D eigenvalue weighted by atomic mass is 16.2. The highest BCUT2D eigenvalue weighted by Crippen LogP contribution is 2.23. The van der Waals surface area contributed by atoms with Crippen molar-refractivity contribution in [3.8, 4) is 0 Å². The number of likely N-dealkylation sites (tertiary alicyclic amines) is 1. The van der Waals surface area contributed by atoms with Crippen LogP contribution in [0.15, 0.2) is 47.4 Å². The molecule has 1 amide bonds. The van der Waals surface area contributed by atoms with Crippen molar-refractivity contribution in [1.29, 1.82) is 0 Å². The molecule has 2 aliphatic rings. The second kappa shape index (κ2) is 8.14. The fraction of sp³-hybridized carbons (Fsp3) is 0.476. The SMILES string of the molecule is C[C@H](C(=O)Nc1ccccc1)N1CCC[C@H](n2ncc(N3CCC3)cc2=O)C1. The normalized spacial score (nSPS) is 21.0. The van der Waals surface area contributed by atoms with E-state index in [2.05, 4.69) is 20.2 Å². The van der Waals surface area contributed by atoms with Crippen LogP contribution in [-0.4, -0.2) is 52.8 Å². The smallest absolute Gasteiger partial charge is 0.269 e. The third kappa shape index (κ3) is 3.94. The van der Waals surface area contributed by atoms with Crippen LogP contribution in [0.3, 0.4) is 0 Å². The molecular formula is C21H27N5O2. The number of hydrogen-bond acceptors (Lipinski definition) is 5. The number of para-hydroxylation sites is 1. The molecule has 0 radical (unpaired) electrons. The van der Waals surface area contributed by atoms with Gasteiger partial charge in [0.25, 0.3) is 5.56 Å². The van der Waals surface area contributed by atoms with E-state index in [0.717, 1.165) is 43.9 Å². The van der Waals surface area contributed by atoms with Gasteiger partial charge in [-0.2, -0.15) is 5.10 Å².